The third kappa shape index (κ3) is 4.31. The van der Waals surface area contributed by atoms with Crippen molar-refractivity contribution in [3.05, 3.63) is 53.7 Å². The number of carbonyl (C=O) groups is 1. The SMILES string of the molecule is Cc1cccc(NC(=O)Nc2ccc(C(C)(C)C)cc2)n1. The summed E-state index contributed by atoms with van der Waals surface area (Å²) in [5.74, 6) is 0.541. The second kappa shape index (κ2) is 5.95. The van der Waals surface area contributed by atoms with Gasteiger partial charge in [-0.1, -0.05) is 39.0 Å². The van der Waals surface area contributed by atoms with E-state index in [2.05, 4.69) is 36.4 Å². The van der Waals surface area contributed by atoms with Crippen LogP contribution < -0.4 is 10.6 Å². The van der Waals surface area contributed by atoms with Crippen LogP contribution in [0.4, 0.5) is 16.3 Å². The Bertz CT molecular complexity index is 627. The van der Waals surface area contributed by atoms with Gasteiger partial charge in [-0.3, -0.25) is 5.32 Å². The zero-order chi connectivity index (χ0) is 15.5. The van der Waals surface area contributed by atoms with E-state index in [4.69, 9.17) is 0 Å². The van der Waals surface area contributed by atoms with Gasteiger partial charge in [0, 0.05) is 11.4 Å². The fourth-order valence-electron chi connectivity index (χ4n) is 1.94. The van der Waals surface area contributed by atoms with Gasteiger partial charge in [0.05, 0.1) is 0 Å². The zero-order valence-electron chi connectivity index (χ0n) is 12.9. The summed E-state index contributed by atoms with van der Waals surface area (Å²) in [4.78, 5) is 16.1. The molecular weight excluding hydrogens is 262 g/mol. The van der Waals surface area contributed by atoms with Crippen LogP contribution in [0, 0.1) is 6.92 Å². The number of anilines is 2. The molecule has 1 aromatic heterocycles. The summed E-state index contributed by atoms with van der Waals surface area (Å²) in [6.45, 7) is 8.36. The number of benzene rings is 1. The number of carbonyl (C=O) groups excluding carboxylic acids is 1. The summed E-state index contributed by atoms with van der Waals surface area (Å²) < 4.78 is 0. The van der Waals surface area contributed by atoms with E-state index in [1.165, 1.54) is 5.56 Å². The molecule has 2 amide bonds. The topological polar surface area (TPSA) is 54.0 Å². The Morgan fingerprint density at radius 3 is 2.24 bits per heavy atom. The summed E-state index contributed by atoms with van der Waals surface area (Å²) in [6, 6.07) is 13.1. The van der Waals surface area contributed by atoms with Gasteiger partial charge in [-0.05, 0) is 42.2 Å². The molecule has 0 saturated carbocycles. The van der Waals surface area contributed by atoms with Crippen LogP contribution in [0.25, 0.3) is 0 Å². The largest absolute Gasteiger partial charge is 0.324 e. The van der Waals surface area contributed by atoms with Crippen molar-refractivity contribution < 1.29 is 4.79 Å². The van der Waals surface area contributed by atoms with Gasteiger partial charge >= 0.3 is 6.03 Å². The third-order valence-electron chi connectivity index (χ3n) is 3.14. The van der Waals surface area contributed by atoms with E-state index in [9.17, 15) is 4.79 Å². The molecule has 0 aliphatic rings. The van der Waals surface area contributed by atoms with Crippen molar-refractivity contribution in [2.75, 3.05) is 10.6 Å². The fraction of sp³-hybridized carbons (Fsp3) is 0.294. The maximum Gasteiger partial charge on any atom is 0.324 e. The van der Waals surface area contributed by atoms with E-state index in [0.717, 1.165) is 11.4 Å². The number of amides is 2. The van der Waals surface area contributed by atoms with Crippen LogP contribution in [0.2, 0.25) is 0 Å². The summed E-state index contributed by atoms with van der Waals surface area (Å²) in [5, 5.41) is 5.51. The minimum atomic E-state index is -0.295. The lowest BCUT2D eigenvalue weighted by molar-refractivity contribution is 0.262. The van der Waals surface area contributed by atoms with Crippen molar-refractivity contribution in [1.29, 1.82) is 0 Å². The maximum absolute atomic E-state index is 11.9. The van der Waals surface area contributed by atoms with Crippen LogP contribution in [0.3, 0.4) is 0 Å². The molecule has 0 radical (unpaired) electrons. The molecule has 4 heteroatoms. The maximum atomic E-state index is 11.9. The highest BCUT2D eigenvalue weighted by Gasteiger charge is 2.13. The summed E-state index contributed by atoms with van der Waals surface area (Å²) in [7, 11) is 0. The van der Waals surface area contributed by atoms with Crippen LogP contribution in [0.5, 0.6) is 0 Å². The van der Waals surface area contributed by atoms with Gasteiger partial charge in [0.15, 0.2) is 0 Å². The Morgan fingerprint density at radius 1 is 1.00 bits per heavy atom. The Labute approximate surface area is 125 Å². The Kier molecular flexibility index (Phi) is 4.26. The lowest BCUT2D eigenvalue weighted by Gasteiger charge is -2.19. The van der Waals surface area contributed by atoms with Gasteiger partial charge in [0.1, 0.15) is 5.82 Å². The highest BCUT2D eigenvalue weighted by Crippen LogP contribution is 2.23. The molecule has 110 valence electrons. The molecule has 4 nitrogen and oxygen atoms in total. The number of aryl methyl sites for hydroxylation is 1. The third-order valence-corrected chi connectivity index (χ3v) is 3.14. The van der Waals surface area contributed by atoms with E-state index in [1.54, 1.807) is 6.07 Å². The van der Waals surface area contributed by atoms with Gasteiger partial charge < -0.3 is 5.32 Å². The average molecular weight is 283 g/mol. The smallest absolute Gasteiger partial charge is 0.308 e. The first-order valence-corrected chi connectivity index (χ1v) is 6.97. The molecule has 1 heterocycles. The molecule has 0 aliphatic heterocycles. The molecular formula is C17H21N3O. The summed E-state index contributed by atoms with van der Waals surface area (Å²) in [5.41, 5.74) is 2.95. The number of rotatable bonds is 2. The van der Waals surface area contributed by atoms with Crippen LogP contribution in [-0.2, 0) is 5.41 Å². The minimum Gasteiger partial charge on any atom is -0.308 e. The minimum absolute atomic E-state index is 0.103. The summed E-state index contributed by atoms with van der Waals surface area (Å²) in [6.07, 6.45) is 0. The number of nitrogens with one attached hydrogen (secondary N) is 2. The first-order valence-electron chi connectivity index (χ1n) is 6.97. The van der Waals surface area contributed by atoms with Crippen LogP contribution in [-0.4, -0.2) is 11.0 Å². The summed E-state index contributed by atoms with van der Waals surface area (Å²) >= 11 is 0. The molecule has 1 aromatic carbocycles. The molecule has 2 N–H and O–H groups in total. The number of urea groups is 1. The molecule has 0 bridgehead atoms. The molecule has 0 spiro atoms. The molecule has 21 heavy (non-hydrogen) atoms. The number of hydrogen-bond donors (Lipinski definition) is 2. The highest BCUT2D eigenvalue weighted by molar-refractivity contribution is 5.99. The van der Waals surface area contributed by atoms with E-state index in [1.807, 2.05) is 43.3 Å². The quantitative estimate of drug-likeness (QED) is 0.861. The first kappa shape index (κ1) is 15.0. The van der Waals surface area contributed by atoms with Gasteiger partial charge in [0.25, 0.3) is 0 Å². The van der Waals surface area contributed by atoms with E-state index in [0.29, 0.717) is 5.82 Å². The highest BCUT2D eigenvalue weighted by atomic mass is 16.2. The second-order valence-electron chi connectivity index (χ2n) is 6.07. The first-order chi connectivity index (χ1) is 9.84. The van der Waals surface area contributed by atoms with Crippen molar-refractivity contribution in [3.63, 3.8) is 0 Å². The number of aromatic nitrogens is 1. The van der Waals surface area contributed by atoms with Crippen molar-refractivity contribution in [1.82, 2.24) is 4.98 Å². The average Bonchev–Trinajstić information content (AvgIpc) is 2.38. The predicted molar refractivity (Wildman–Crippen MR) is 86.8 cm³/mol. The normalized spacial score (nSPS) is 11.0. The second-order valence-corrected chi connectivity index (χ2v) is 6.07. The molecule has 2 rings (SSSR count). The molecule has 0 unspecified atom stereocenters. The van der Waals surface area contributed by atoms with Crippen molar-refractivity contribution in [3.8, 4) is 0 Å². The standard InChI is InChI=1S/C17H21N3O/c1-12-6-5-7-15(18-12)20-16(21)19-14-10-8-13(9-11-14)17(2,3)4/h5-11H,1-4H3,(H2,18,19,20,21). The lowest BCUT2D eigenvalue weighted by Crippen LogP contribution is -2.20. The molecule has 0 fully saturated rings. The van der Waals surface area contributed by atoms with Crippen molar-refractivity contribution >= 4 is 17.5 Å². The van der Waals surface area contributed by atoms with Gasteiger partial charge in [-0.2, -0.15) is 0 Å². The predicted octanol–water partition coefficient (Wildman–Crippen LogP) is 4.33. The van der Waals surface area contributed by atoms with E-state index >= 15 is 0 Å². The van der Waals surface area contributed by atoms with Crippen molar-refractivity contribution in [2.24, 2.45) is 0 Å². The number of hydrogen-bond acceptors (Lipinski definition) is 2. The van der Waals surface area contributed by atoms with E-state index in [-0.39, 0.29) is 11.4 Å². The Balaban J connectivity index is 2.00. The van der Waals surface area contributed by atoms with Gasteiger partial charge in [-0.15, -0.1) is 0 Å². The fourth-order valence-corrected chi connectivity index (χ4v) is 1.94. The number of pyridine rings is 1. The monoisotopic (exact) mass is 283 g/mol. The molecule has 2 aromatic rings. The molecule has 0 saturated heterocycles. The van der Waals surface area contributed by atoms with Crippen molar-refractivity contribution in [2.45, 2.75) is 33.1 Å². The number of nitrogens with zero attached hydrogens (tertiary/aromatic N) is 1. The van der Waals surface area contributed by atoms with Gasteiger partial charge in [-0.25, -0.2) is 9.78 Å². The molecule has 0 atom stereocenters. The molecule has 0 aliphatic carbocycles. The van der Waals surface area contributed by atoms with Crippen LogP contribution in [0.15, 0.2) is 42.5 Å². The van der Waals surface area contributed by atoms with Crippen LogP contribution >= 0.6 is 0 Å². The Morgan fingerprint density at radius 2 is 1.67 bits per heavy atom. The van der Waals surface area contributed by atoms with Gasteiger partial charge in [0.2, 0.25) is 0 Å². The zero-order valence-corrected chi connectivity index (χ0v) is 12.9. The lowest BCUT2D eigenvalue weighted by atomic mass is 9.87. The van der Waals surface area contributed by atoms with Crippen LogP contribution in [0.1, 0.15) is 32.0 Å². The van der Waals surface area contributed by atoms with E-state index < -0.39 is 0 Å². The Hall–Kier alpha value is -2.36.